The minimum Gasteiger partial charge on any atom is -0.497 e. The van der Waals surface area contributed by atoms with Crippen molar-refractivity contribution < 1.29 is 13.2 Å². The van der Waals surface area contributed by atoms with Gasteiger partial charge in [0.15, 0.2) is 0 Å². The Bertz CT molecular complexity index is 923. The van der Waals surface area contributed by atoms with Gasteiger partial charge in [-0.25, -0.2) is 4.98 Å². The molecule has 0 fully saturated rings. The third-order valence-electron chi connectivity index (χ3n) is 3.48. The number of fused-ring (bicyclic) bond motifs is 1. The van der Waals surface area contributed by atoms with Gasteiger partial charge in [0.05, 0.1) is 24.7 Å². The first-order valence-corrected chi connectivity index (χ1v) is 8.85. The molecule has 0 atom stereocenters. The summed E-state index contributed by atoms with van der Waals surface area (Å²) in [5.74, 6) is 1.24. The van der Waals surface area contributed by atoms with E-state index < -0.39 is 10.2 Å². The quantitative estimate of drug-likeness (QED) is 0.607. The molecule has 0 aliphatic rings. The molecule has 3 N–H and O–H groups in total. The lowest BCUT2D eigenvalue weighted by Gasteiger charge is -2.07. The fraction of sp³-hybridized carbons (Fsp3) is 0.188. The van der Waals surface area contributed by atoms with Gasteiger partial charge in [0, 0.05) is 12.6 Å². The van der Waals surface area contributed by atoms with Gasteiger partial charge < -0.3 is 9.72 Å². The van der Waals surface area contributed by atoms with Crippen molar-refractivity contribution in [2.24, 2.45) is 0 Å². The molecule has 126 valence electrons. The highest BCUT2D eigenvalue weighted by Crippen LogP contribution is 2.18. The van der Waals surface area contributed by atoms with Crippen molar-refractivity contribution in [3.63, 3.8) is 0 Å². The van der Waals surface area contributed by atoms with E-state index in [1.165, 1.54) is 0 Å². The van der Waals surface area contributed by atoms with E-state index in [0.29, 0.717) is 11.6 Å². The van der Waals surface area contributed by atoms with Gasteiger partial charge in [-0.1, -0.05) is 30.3 Å². The van der Waals surface area contributed by atoms with Gasteiger partial charge in [-0.05, 0) is 17.7 Å². The van der Waals surface area contributed by atoms with E-state index >= 15 is 0 Å². The zero-order chi connectivity index (χ0) is 17.0. The van der Waals surface area contributed by atoms with Crippen LogP contribution in [-0.4, -0.2) is 25.5 Å². The van der Waals surface area contributed by atoms with E-state index in [1.807, 2.05) is 42.5 Å². The Morgan fingerprint density at radius 3 is 2.58 bits per heavy atom. The number of aromatic amines is 1. The number of ether oxygens (including phenoxy) is 1. The van der Waals surface area contributed by atoms with Crippen LogP contribution in [0.15, 0.2) is 48.5 Å². The Kier molecular flexibility index (Phi) is 4.79. The molecule has 0 bridgehead atoms. The smallest absolute Gasteiger partial charge is 0.277 e. The van der Waals surface area contributed by atoms with E-state index in [1.54, 1.807) is 13.2 Å². The molecular weight excluding hydrogens is 328 g/mol. The first-order valence-electron chi connectivity index (χ1n) is 7.36. The van der Waals surface area contributed by atoms with Crippen molar-refractivity contribution in [3.05, 3.63) is 59.9 Å². The summed E-state index contributed by atoms with van der Waals surface area (Å²) in [6.45, 7) is 0.300. The monoisotopic (exact) mass is 346 g/mol. The fourth-order valence-electron chi connectivity index (χ4n) is 2.24. The van der Waals surface area contributed by atoms with Gasteiger partial charge in [0.2, 0.25) is 0 Å². The summed E-state index contributed by atoms with van der Waals surface area (Å²) in [4.78, 5) is 7.41. The van der Waals surface area contributed by atoms with Crippen molar-refractivity contribution in [1.29, 1.82) is 0 Å². The van der Waals surface area contributed by atoms with Crippen molar-refractivity contribution in [2.45, 2.75) is 13.1 Å². The Hall–Kier alpha value is -2.42. The zero-order valence-electron chi connectivity index (χ0n) is 13.1. The summed E-state index contributed by atoms with van der Waals surface area (Å²) in [6, 6.07) is 14.7. The molecule has 0 unspecified atom stereocenters. The number of nitrogens with zero attached hydrogens (tertiary/aromatic N) is 1. The van der Waals surface area contributed by atoms with Crippen LogP contribution in [0.2, 0.25) is 0 Å². The van der Waals surface area contributed by atoms with Crippen molar-refractivity contribution in [2.75, 3.05) is 7.11 Å². The second-order valence-electron chi connectivity index (χ2n) is 5.20. The van der Waals surface area contributed by atoms with Crippen LogP contribution >= 0.6 is 0 Å². The van der Waals surface area contributed by atoms with Crippen LogP contribution in [0, 0.1) is 0 Å². The zero-order valence-corrected chi connectivity index (χ0v) is 13.9. The lowest BCUT2D eigenvalue weighted by atomic mass is 10.2. The van der Waals surface area contributed by atoms with Crippen LogP contribution in [-0.2, 0) is 23.3 Å². The minimum atomic E-state index is -3.61. The Morgan fingerprint density at radius 2 is 1.83 bits per heavy atom. The fourth-order valence-corrected chi connectivity index (χ4v) is 3.03. The van der Waals surface area contributed by atoms with Crippen molar-refractivity contribution in [1.82, 2.24) is 19.4 Å². The average molecular weight is 346 g/mol. The predicted molar refractivity (Wildman–Crippen MR) is 91.7 cm³/mol. The number of methoxy groups -OCH3 is 1. The maximum absolute atomic E-state index is 12.0. The Balaban J connectivity index is 1.61. The molecule has 0 radical (unpaired) electrons. The summed E-state index contributed by atoms with van der Waals surface area (Å²) in [5, 5.41) is 0. The van der Waals surface area contributed by atoms with Gasteiger partial charge in [0.25, 0.3) is 10.2 Å². The van der Waals surface area contributed by atoms with Gasteiger partial charge in [-0.2, -0.15) is 17.9 Å². The lowest BCUT2D eigenvalue weighted by molar-refractivity contribution is 0.415. The number of hydrogen-bond acceptors (Lipinski definition) is 4. The minimum absolute atomic E-state index is 0.0706. The van der Waals surface area contributed by atoms with Crippen LogP contribution in [0.1, 0.15) is 11.4 Å². The Labute approximate surface area is 140 Å². The number of H-pyrrole nitrogens is 1. The standard InChI is InChI=1S/C16H18N4O3S/c1-23-13-7-8-14-15(9-13)20-16(19-14)11-18-24(21,22)17-10-12-5-3-2-4-6-12/h2-9,17-18H,10-11H2,1H3,(H,19,20). The number of nitrogens with one attached hydrogen (secondary N) is 3. The Morgan fingerprint density at radius 1 is 1.08 bits per heavy atom. The number of imidazole rings is 1. The predicted octanol–water partition coefficient (Wildman–Crippen LogP) is 1.70. The molecule has 1 heterocycles. The first-order chi connectivity index (χ1) is 11.6. The molecule has 8 heteroatoms. The maximum atomic E-state index is 12.0. The van der Waals surface area contributed by atoms with E-state index in [2.05, 4.69) is 19.4 Å². The van der Waals surface area contributed by atoms with Crippen LogP contribution < -0.4 is 14.2 Å². The molecule has 3 aromatic rings. The summed E-state index contributed by atoms with van der Waals surface area (Å²) in [7, 11) is -2.02. The molecule has 0 aliphatic carbocycles. The van der Waals surface area contributed by atoms with Crippen molar-refractivity contribution in [3.8, 4) is 5.75 Å². The molecule has 0 saturated heterocycles. The molecular formula is C16H18N4O3S. The first kappa shape index (κ1) is 16.4. The van der Waals surface area contributed by atoms with Crippen LogP contribution in [0.5, 0.6) is 5.75 Å². The van der Waals surface area contributed by atoms with E-state index in [9.17, 15) is 8.42 Å². The highest BCUT2D eigenvalue weighted by atomic mass is 32.2. The van der Waals surface area contributed by atoms with Crippen LogP contribution in [0.3, 0.4) is 0 Å². The number of aromatic nitrogens is 2. The second-order valence-corrected chi connectivity index (χ2v) is 6.78. The largest absolute Gasteiger partial charge is 0.497 e. The van der Waals surface area contributed by atoms with Crippen LogP contribution in [0.4, 0.5) is 0 Å². The highest BCUT2D eigenvalue weighted by molar-refractivity contribution is 7.87. The molecule has 7 nitrogen and oxygen atoms in total. The number of rotatable bonds is 7. The lowest BCUT2D eigenvalue weighted by Crippen LogP contribution is -2.35. The summed E-state index contributed by atoms with van der Waals surface area (Å²) >= 11 is 0. The second kappa shape index (κ2) is 7.00. The molecule has 2 aromatic carbocycles. The normalized spacial score (nSPS) is 11.7. The highest BCUT2D eigenvalue weighted by Gasteiger charge is 2.11. The van der Waals surface area contributed by atoms with Gasteiger partial charge in [0.1, 0.15) is 11.6 Å². The third kappa shape index (κ3) is 4.10. The van der Waals surface area contributed by atoms with E-state index in [0.717, 1.165) is 16.6 Å². The molecule has 0 aliphatic heterocycles. The van der Waals surface area contributed by atoms with Crippen LogP contribution in [0.25, 0.3) is 11.0 Å². The third-order valence-corrected chi connectivity index (χ3v) is 4.53. The average Bonchev–Trinajstić information content (AvgIpc) is 3.01. The molecule has 0 saturated carbocycles. The summed E-state index contributed by atoms with van der Waals surface area (Å²) < 4.78 is 34.1. The van der Waals surface area contributed by atoms with E-state index in [-0.39, 0.29) is 13.1 Å². The molecule has 0 spiro atoms. The van der Waals surface area contributed by atoms with Gasteiger partial charge in [-0.3, -0.25) is 0 Å². The number of benzene rings is 2. The van der Waals surface area contributed by atoms with Crippen molar-refractivity contribution >= 4 is 21.2 Å². The maximum Gasteiger partial charge on any atom is 0.277 e. The summed E-state index contributed by atoms with van der Waals surface area (Å²) in [6.07, 6.45) is 0. The molecule has 1 aromatic heterocycles. The van der Waals surface area contributed by atoms with E-state index in [4.69, 9.17) is 4.74 Å². The SMILES string of the molecule is COc1ccc2nc(CNS(=O)(=O)NCc3ccccc3)[nH]c2c1. The van der Waals surface area contributed by atoms with Gasteiger partial charge >= 0.3 is 0 Å². The summed E-state index contributed by atoms with van der Waals surface area (Å²) in [5.41, 5.74) is 2.43. The van der Waals surface area contributed by atoms with Gasteiger partial charge in [-0.15, -0.1) is 0 Å². The number of hydrogen-bond donors (Lipinski definition) is 3. The molecule has 24 heavy (non-hydrogen) atoms. The molecule has 0 amide bonds. The topological polar surface area (TPSA) is 96.1 Å². The molecule has 3 rings (SSSR count).